The van der Waals surface area contributed by atoms with Crippen molar-refractivity contribution in [1.29, 1.82) is 0 Å². The van der Waals surface area contributed by atoms with Gasteiger partial charge in [0.2, 0.25) is 5.91 Å². The highest BCUT2D eigenvalue weighted by Gasteiger charge is 2.12. The van der Waals surface area contributed by atoms with Gasteiger partial charge in [0.05, 0.1) is 17.4 Å². The highest BCUT2D eigenvalue weighted by molar-refractivity contribution is 9.10. The standard InChI is InChI=1S/C10H11BrClN3O2/c11-8-4-6(10(13)17)7(5-14-8)15-9(16)2-1-3-12/h4-5H,1-3H2,(H2,13,17)(H,15,16). The quantitative estimate of drug-likeness (QED) is 0.642. The van der Waals surface area contributed by atoms with Crippen LogP contribution in [0.15, 0.2) is 16.9 Å². The van der Waals surface area contributed by atoms with Gasteiger partial charge >= 0.3 is 0 Å². The first kappa shape index (κ1) is 13.9. The third-order valence-corrected chi connectivity index (χ3v) is 2.65. The van der Waals surface area contributed by atoms with Crippen molar-refractivity contribution < 1.29 is 9.59 Å². The molecule has 1 heterocycles. The maximum atomic E-state index is 11.5. The molecule has 1 rings (SSSR count). The van der Waals surface area contributed by atoms with Crippen molar-refractivity contribution in [3.05, 3.63) is 22.4 Å². The summed E-state index contributed by atoms with van der Waals surface area (Å²) in [4.78, 5) is 26.6. The number of primary amides is 1. The monoisotopic (exact) mass is 319 g/mol. The minimum absolute atomic E-state index is 0.214. The summed E-state index contributed by atoms with van der Waals surface area (Å²) in [6, 6.07) is 1.46. The Morgan fingerprint density at radius 2 is 2.24 bits per heavy atom. The minimum atomic E-state index is -0.624. The van der Waals surface area contributed by atoms with Crippen LogP contribution in [-0.2, 0) is 4.79 Å². The molecule has 0 aliphatic heterocycles. The molecule has 0 spiro atoms. The maximum Gasteiger partial charge on any atom is 0.250 e. The van der Waals surface area contributed by atoms with Gasteiger partial charge in [-0.3, -0.25) is 9.59 Å². The van der Waals surface area contributed by atoms with E-state index >= 15 is 0 Å². The highest BCUT2D eigenvalue weighted by Crippen LogP contribution is 2.18. The predicted molar refractivity (Wildman–Crippen MR) is 69.0 cm³/mol. The average Bonchev–Trinajstić information content (AvgIpc) is 2.28. The van der Waals surface area contributed by atoms with Crippen molar-refractivity contribution >= 4 is 45.0 Å². The van der Waals surface area contributed by atoms with Gasteiger partial charge in [0, 0.05) is 12.3 Å². The Hall–Kier alpha value is -1.14. The third-order valence-electron chi connectivity index (χ3n) is 1.95. The third kappa shape index (κ3) is 4.32. The number of rotatable bonds is 5. The van der Waals surface area contributed by atoms with Gasteiger partial charge in [-0.15, -0.1) is 11.6 Å². The number of pyridine rings is 1. The summed E-state index contributed by atoms with van der Waals surface area (Å²) in [6.07, 6.45) is 2.24. The highest BCUT2D eigenvalue weighted by atomic mass is 79.9. The summed E-state index contributed by atoms with van der Waals surface area (Å²) >= 11 is 8.60. The zero-order valence-corrected chi connectivity index (χ0v) is 11.2. The van der Waals surface area contributed by atoms with Crippen LogP contribution in [0.4, 0.5) is 5.69 Å². The number of amides is 2. The average molecular weight is 321 g/mol. The topological polar surface area (TPSA) is 85.1 Å². The Morgan fingerprint density at radius 1 is 1.53 bits per heavy atom. The maximum absolute atomic E-state index is 11.5. The molecule has 0 saturated heterocycles. The van der Waals surface area contributed by atoms with E-state index in [4.69, 9.17) is 17.3 Å². The molecule has 17 heavy (non-hydrogen) atoms. The molecule has 92 valence electrons. The van der Waals surface area contributed by atoms with E-state index < -0.39 is 5.91 Å². The molecule has 0 radical (unpaired) electrons. The van der Waals surface area contributed by atoms with Crippen molar-refractivity contribution in [3.63, 3.8) is 0 Å². The first-order valence-electron chi connectivity index (χ1n) is 4.85. The Balaban J connectivity index is 2.83. The van der Waals surface area contributed by atoms with Crippen LogP contribution in [0.1, 0.15) is 23.2 Å². The van der Waals surface area contributed by atoms with Gasteiger partial charge in [0.1, 0.15) is 4.60 Å². The van der Waals surface area contributed by atoms with Crippen LogP contribution in [0.3, 0.4) is 0 Å². The van der Waals surface area contributed by atoms with Crippen LogP contribution in [0, 0.1) is 0 Å². The van der Waals surface area contributed by atoms with E-state index in [1.54, 1.807) is 0 Å². The van der Waals surface area contributed by atoms with E-state index in [1.807, 2.05) is 0 Å². The summed E-state index contributed by atoms with van der Waals surface area (Å²) in [5, 5.41) is 2.57. The summed E-state index contributed by atoms with van der Waals surface area (Å²) in [5.74, 6) is -0.438. The van der Waals surface area contributed by atoms with Gasteiger partial charge in [0.15, 0.2) is 0 Å². The summed E-state index contributed by atoms with van der Waals surface area (Å²) in [5.41, 5.74) is 5.72. The molecule has 0 aliphatic rings. The van der Waals surface area contributed by atoms with Crippen molar-refractivity contribution in [2.75, 3.05) is 11.2 Å². The van der Waals surface area contributed by atoms with Crippen molar-refractivity contribution in [3.8, 4) is 0 Å². The molecule has 1 aromatic heterocycles. The summed E-state index contributed by atoms with van der Waals surface area (Å²) in [6.45, 7) is 0. The molecule has 0 unspecified atom stereocenters. The fourth-order valence-electron chi connectivity index (χ4n) is 1.17. The number of anilines is 1. The number of carbonyl (C=O) groups is 2. The number of halogens is 2. The predicted octanol–water partition coefficient (Wildman–Crippen LogP) is 1.90. The van der Waals surface area contributed by atoms with Gasteiger partial charge in [-0.2, -0.15) is 0 Å². The largest absolute Gasteiger partial charge is 0.366 e. The van der Waals surface area contributed by atoms with Gasteiger partial charge < -0.3 is 11.1 Å². The van der Waals surface area contributed by atoms with Crippen LogP contribution in [0.2, 0.25) is 0 Å². The zero-order chi connectivity index (χ0) is 12.8. The molecule has 0 aromatic carbocycles. The van der Waals surface area contributed by atoms with Gasteiger partial charge in [-0.1, -0.05) is 0 Å². The van der Waals surface area contributed by atoms with E-state index in [0.29, 0.717) is 22.6 Å². The lowest BCUT2D eigenvalue weighted by atomic mass is 10.2. The molecule has 5 nitrogen and oxygen atoms in total. The van der Waals surface area contributed by atoms with Crippen LogP contribution < -0.4 is 11.1 Å². The number of nitrogens with two attached hydrogens (primary N) is 1. The Kier molecular flexibility index (Phi) is 5.37. The molecule has 1 aromatic rings. The van der Waals surface area contributed by atoms with E-state index in [9.17, 15) is 9.59 Å². The van der Waals surface area contributed by atoms with Crippen LogP contribution in [-0.4, -0.2) is 22.7 Å². The van der Waals surface area contributed by atoms with E-state index in [-0.39, 0.29) is 17.9 Å². The van der Waals surface area contributed by atoms with E-state index in [0.717, 1.165) is 0 Å². The van der Waals surface area contributed by atoms with E-state index in [1.165, 1.54) is 12.3 Å². The van der Waals surface area contributed by atoms with E-state index in [2.05, 4.69) is 26.2 Å². The molecule has 0 atom stereocenters. The zero-order valence-electron chi connectivity index (χ0n) is 8.87. The van der Waals surface area contributed by atoms with Crippen molar-refractivity contribution in [2.24, 2.45) is 5.73 Å². The van der Waals surface area contributed by atoms with Crippen molar-refractivity contribution in [2.45, 2.75) is 12.8 Å². The lowest BCUT2D eigenvalue weighted by molar-refractivity contribution is -0.116. The second-order valence-electron chi connectivity index (χ2n) is 3.26. The molecule has 3 N–H and O–H groups in total. The smallest absolute Gasteiger partial charge is 0.250 e. The van der Waals surface area contributed by atoms with Gasteiger partial charge in [-0.05, 0) is 28.4 Å². The molecule has 0 aliphatic carbocycles. The van der Waals surface area contributed by atoms with Gasteiger partial charge in [-0.25, -0.2) is 4.98 Å². The lowest BCUT2D eigenvalue weighted by Crippen LogP contribution is -2.18. The number of nitrogens with zero attached hydrogens (tertiary/aromatic N) is 1. The number of alkyl halides is 1. The second kappa shape index (κ2) is 6.56. The Bertz CT molecular complexity index is 440. The minimum Gasteiger partial charge on any atom is -0.366 e. The number of hydrogen-bond donors (Lipinski definition) is 2. The number of carbonyl (C=O) groups excluding carboxylic acids is 2. The number of nitrogens with one attached hydrogen (secondary N) is 1. The first-order chi connectivity index (χ1) is 8.04. The number of hydrogen-bond acceptors (Lipinski definition) is 3. The fourth-order valence-corrected chi connectivity index (χ4v) is 1.64. The van der Waals surface area contributed by atoms with Crippen LogP contribution >= 0.6 is 27.5 Å². The molecular weight excluding hydrogens is 309 g/mol. The SMILES string of the molecule is NC(=O)c1cc(Br)ncc1NC(=O)CCCCl. The van der Waals surface area contributed by atoms with Crippen LogP contribution in [0.25, 0.3) is 0 Å². The Labute approximate surface area is 112 Å². The first-order valence-corrected chi connectivity index (χ1v) is 6.18. The normalized spacial score (nSPS) is 10.0. The molecule has 0 bridgehead atoms. The summed E-state index contributed by atoms with van der Waals surface area (Å²) in [7, 11) is 0. The number of aromatic nitrogens is 1. The second-order valence-corrected chi connectivity index (χ2v) is 4.45. The molecule has 7 heteroatoms. The fraction of sp³-hybridized carbons (Fsp3) is 0.300. The summed E-state index contributed by atoms with van der Waals surface area (Å²) < 4.78 is 0.477. The Morgan fingerprint density at radius 3 is 2.82 bits per heavy atom. The molecule has 0 saturated carbocycles. The lowest BCUT2D eigenvalue weighted by Gasteiger charge is -2.08. The van der Waals surface area contributed by atoms with Crippen molar-refractivity contribution in [1.82, 2.24) is 4.98 Å². The van der Waals surface area contributed by atoms with Gasteiger partial charge in [0.25, 0.3) is 5.91 Å². The molecule has 0 fully saturated rings. The van der Waals surface area contributed by atoms with Crippen LogP contribution in [0.5, 0.6) is 0 Å². The molecular formula is C10H11BrClN3O2. The molecule has 2 amide bonds.